The Hall–Kier alpha value is -0.940. The summed E-state index contributed by atoms with van der Waals surface area (Å²) in [5, 5.41) is 6.29. The van der Waals surface area contributed by atoms with Crippen LogP contribution in [-0.4, -0.2) is 24.0 Å². The van der Waals surface area contributed by atoms with Crippen LogP contribution in [0.25, 0.3) is 0 Å². The summed E-state index contributed by atoms with van der Waals surface area (Å²) in [4.78, 5) is 16.8. The zero-order valence-corrected chi connectivity index (χ0v) is 12.8. The van der Waals surface area contributed by atoms with Crippen molar-refractivity contribution < 1.29 is 4.79 Å². The van der Waals surface area contributed by atoms with Crippen LogP contribution in [0, 0.1) is 5.41 Å². The Bertz CT molecular complexity index is 421. The van der Waals surface area contributed by atoms with Gasteiger partial charge in [0.05, 0.1) is 5.41 Å². The van der Waals surface area contributed by atoms with E-state index in [2.05, 4.69) is 38.5 Å². The molecule has 4 nitrogen and oxygen atoms in total. The molecule has 19 heavy (non-hydrogen) atoms. The largest absolute Gasteiger partial charge is 0.317 e. The molecule has 2 heterocycles. The number of amides is 1. The number of hydrogen-bond acceptors (Lipinski definition) is 3. The molecule has 2 N–H and O–H groups in total. The van der Waals surface area contributed by atoms with Crippen molar-refractivity contribution in [2.45, 2.75) is 32.6 Å². The van der Waals surface area contributed by atoms with Crippen molar-refractivity contribution in [3.05, 3.63) is 22.8 Å². The molecule has 1 aromatic rings. The van der Waals surface area contributed by atoms with Crippen LogP contribution in [0.4, 0.5) is 5.82 Å². The number of hydrogen-bond donors (Lipinski definition) is 2. The molecular formula is C14H20BrN3O. The van der Waals surface area contributed by atoms with Crippen LogP contribution in [0.5, 0.6) is 0 Å². The Labute approximate surface area is 122 Å². The lowest BCUT2D eigenvalue weighted by atomic mass is 9.74. The highest BCUT2D eigenvalue weighted by atomic mass is 79.9. The zero-order chi connectivity index (χ0) is 13.7. The van der Waals surface area contributed by atoms with Crippen LogP contribution in [0.3, 0.4) is 0 Å². The number of anilines is 1. The van der Waals surface area contributed by atoms with Crippen molar-refractivity contribution >= 4 is 27.7 Å². The van der Waals surface area contributed by atoms with Crippen LogP contribution in [0.15, 0.2) is 22.8 Å². The highest BCUT2D eigenvalue weighted by Crippen LogP contribution is 2.35. The molecule has 0 radical (unpaired) electrons. The maximum absolute atomic E-state index is 12.6. The third-order valence-electron chi connectivity index (χ3n) is 3.74. The van der Waals surface area contributed by atoms with Gasteiger partial charge in [0.25, 0.3) is 0 Å². The first-order valence-corrected chi connectivity index (χ1v) is 7.59. The third kappa shape index (κ3) is 3.54. The van der Waals surface area contributed by atoms with E-state index in [9.17, 15) is 4.79 Å². The second-order valence-corrected chi connectivity index (χ2v) is 6.01. The fourth-order valence-electron chi connectivity index (χ4n) is 2.67. The number of carbonyl (C=O) groups is 1. The molecule has 1 aliphatic rings. The summed E-state index contributed by atoms with van der Waals surface area (Å²) in [7, 11) is 0. The summed E-state index contributed by atoms with van der Waals surface area (Å²) in [6, 6.07) is 3.71. The second-order valence-electron chi connectivity index (χ2n) is 5.10. The Morgan fingerprint density at radius 2 is 2.21 bits per heavy atom. The molecule has 1 aromatic heterocycles. The first-order chi connectivity index (χ1) is 9.16. The molecule has 104 valence electrons. The van der Waals surface area contributed by atoms with Gasteiger partial charge in [-0.3, -0.25) is 4.79 Å². The number of piperidine rings is 1. The summed E-state index contributed by atoms with van der Waals surface area (Å²) in [6.45, 7) is 3.97. The average molecular weight is 326 g/mol. The summed E-state index contributed by atoms with van der Waals surface area (Å²) in [5.74, 6) is 0.743. The highest BCUT2D eigenvalue weighted by molar-refractivity contribution is 9.10. The van der Waals surface area contributed by atoms with Gasteiger partial charge >= 0.3 is 0 Å². The molecule has 0 unspecified atom stereocenters. The molecule has 0 atom stereocenters. The van der Waals surface area contributed by atoms with Gasteiger partial charge in [0.1, 0.15) is 5.82 Å². The van der Waals surface area contributed by atoms with Gasteiger partial charge in [0.2, 0.25) is 5.91 Å². The maximum Gasteiger partial charge on any atom is 0.231 e. The predicted octanol–water partition coefficient (Wildman–Crippen LogP) is 2.95. The third-order valence-corrected chi connectivity index (χ3v) is 4.21. The van der Waals surface area contributed by atoms with Crippen molar-refractivity contribution in [3.63, 3.8) is 0 Å². The van der Waals surface area contributed by atoms with E-state index in [1.807, 2.05) is 12.1 Å². The minimum absolute atomic E-state index is 0.116. The van der Waals surface area contributed by atoms with Gasteiger partial charge in [-0.15, -0.1) is 0 Å². The van der Waals surface area contributed by atoms with E-state index < -0.39 is 0 Å². The van der Waals surface area contributed by atoms with E-state index in [4.69, 9.17) is 0 Å². The Morgan fingerprint density at radius 3 is 2.79 bits per heavy atom. The summed E-state index contributed by atoms with van der Waals surface area (Å²) in [5.41, 5.74) is -0.227. The first kappa shape index (κ1) is 14.5. The van der Waals surface area contributed by atoms with E-state index in [1.54, 1.807) is 6.20 Å². The summed E-state index contributed by atoms with van der Waals surface area (Å²) >= 11 is 3.34. The minimum atomic E-state index is -0.227. The van der Waals surface area contributed by atoms with Gasteiger partial charge in [-0.1, -0.05) is 13.3 Å². The van der Waals surface area contributed by atoms with Gasteiger partial charge in [0, 0.05) is 10.7 Å². The topological polar surface area (TPSA) is 54.0 Å². The molecule has 2 rings (SSSR count). The van der Waals surface area contributed by atoms with Crippen molar-refractivity contribution in [3.8, 4) is 0 Å². The predicted molar refractivity (Wildman–Crippen MR) is 80.0 cm³/mol. The van der Waals surface area contributed by atoms with Crippen molar-refractivity contribution in [2.24, 2.45) is 5.41 Å². The van der Waals surface area contributed by atoms with Crippen molar-refractivity contribution in [1.29, 1.82) is 0 Å². The van der Waals surface area contributed by atoms with E-state index in [0.717, 1.165) is 43.2 Å². The quantitative estimate of drug-likeness (QED) is 0.894. The van der Waals surface area contributed by atoms with Crippen molar-refractivity contribution in [2.75, 3.05) is 18.4 Å². The molecule has 0 saturated carbocycles. The van der Waals surface area contributed by atoms with E-state index >= 15 is 0 Å². The van der Waals surface area contributed by atoms with Crippen LogP contribution >= 0.6 is 15.9 Å². The SMILES string of the molecule is CCCC1(C(=O)Nc2ccc(Br)cn2)CCNCC1. The summed E-state index contributed by atoms with van der Waals surface area (Å²) in [6.07, 6.45) is 5.48. The second kappa shape index (κ2) is 6.48. The number of nitrogens with one attached hydrogen (secondary N) is 2. The molecule has 5 heteroatoms. The lowest BCUT2D eigenvalue weighted by Gasteiger charge is -2.36. The van der Waals surface area contributed by atoms with Crippen LogP contribution in [0.1, 0.15) is 32.6 Å². The fourth-order valence-corrected chi connectivity index (χ4v) is 2.91. The van der Waals surface area contributed by atoms with E-state index in [0.29, 0.717) is 5.82 Å². The zero-order valence-electron chi connectivity index (χ0n) is 11.2. The Kier molecular flexibility index (Phi) is 4.93. The number of rotatable bonds is 4. The standard InChI is InChI=1S/C14H20BrN3O/c1-2-5-14(6-8-16-9-7-14)13(19)18-12-4-3-11(15)10-17-12/h3-4,10,16H,2,5-9H2,1H3,(H,17,18,19). The van der Waals surface area contributed by atoms with E-state index in [1.165, 1.54) is 0 Å². The minimum Gasteiger partial charge on any atom is -0.317 e. The molecule has 1 fully saturated rings. The van der Waals surface area contributed by atoms with Gasteiger partial charge in [0.15, 0.2) is 0 Å². The lowest BCUT2D eigenvalue weighted by molar-refractivity contribution is -0.127. The number of halogens is 1. The summed E-state index contributed by atoms with van der Waals surface area (Å²) < 4.78 is 0.913. The normalized spacial score (nSPS) is 18.0. The van der Waals surface area contributed by atoms with Gasteiger partial charge in [-0.05, 0) is 60.4 Å². The Balaban J connectivity index is 2.09. The van der Waals surface area contributed by atoms with Gasteiger partial charge < -0.3 is 10.6 Å². The number of carbonyl (C=O) groups excluding carboxylic acids is 1. The van der Waals surface area contributed by atoms with Crippen molar-refractivity contribution in [1.82, 2.24) is 10.3 Å². The smallest absolute Gasteiger partial charge is 0.231 e. The van der Waals surface area contributed by atoms with Crippen LogP contribution in [-0.2, 0) is 4.79 Å². The van der Waals surface area contributed by atoms with Gasteiger partial charge in [-0.25, -0.2) is 4.98 Å². The number of pyridine rings is 1. The van der Waals surface area contributed by atoms with Crippen LogP contribution < -0.4 is 10.6 Å². The monoisotopic (exact) mass is 325 g/mol. The molecular weight excluding hydrogens is 306 g/mol. The average Bonchev–Trinajstić information content (AvgIpc) is 2.43. The molecule has 1 saturated heterocycles. The fraction of sp³-hybridized carbons (Fsp3) is 0.571. The molecule has 0 bridgehead atoms. The molecule has 0 aromatic carbocycles. The Morgan fingerprint density at radius 1 is 1.47 bits per heavy atom. The molecule has 0 aliphatic carbocycles. The number of aromatic nitrogens is 1. The highest BCUT2D eigenvalue weighted by Gasteiger charge is 2.38. The van der Waals surface area contributed by atoms with Crippen LogP contribution in [0.2, 0.25) is 0 Å². The first-order valence-electron chi connectivity index (χ1n) is 6.80. The van der Waals surface area contributed by atoms with E-state index in [-0.39, 0.29) is 11.3 Å². The lowest BCUT2D eigenvalue weighted by Crippen LogP contribution is -2.45. The van der Waals surface area contributed by atoms with Gasteiger partial charge in [-0.2, -0.15) is 0 Å². The molecule has 0 spiro atoms. The maximum atomic E-state index is 12.6. The molecule has 1 aliphatic heterocycles. The molecule has 1 amide bonds. The number of nitrogens with zero attached hydrogens (tertiary/aromatic N) is 1.